The normalized spacial score (nSPS) is 11.1. The van der Waals surface area contributed by atoms with Crippen LogP contribution < -0.4 is 19.9 Å². The Bertz CT molecular complexity index is 1030. The number of ether oxygens (including phenoxy) is 4. The number of hydrogen-bond acceptors (Lipinski definition) is 7. The Morgan fingerprint density at radius 3 is 2.68 bits per heavy atom. The van der Waals surface area contributed by atoms with Gasteiger partial charge in [0.25, 0.3) is 0 Å². The van der Waals surface area contributed by atoms with Gasteiger partial charge in [0, 0.05) is 13.2 Å². The summed E-state index contributed by atoms with van der Waals surface area (Å²) >= 11 is 1.49. The van der Waals surface area contributed by atoms with Gasteiger partial charge in [-0.25, -0.2) is 9.78 Å². The molecule has 0 aliphatic rings. The number of carbonyl (C=O) groups excluding carboxylic acids is 1. The minimum absolute atomic E-state index is 0.151. The molecule has 0 fully saturated rings. The fourth-order valence-corrected chi connectivity index (χ4v) is 3.44. The highest BCUT2D eigenvalue weighted by molar-refractivity contribution is 7.19. The lowest BCUT2D eigenvalue weighted by molar-refractivity contribution is 0.0491. The van der Waals surface area contributed by atoms with Gasteiger partial charge in [-0.3, -0.25) is 0 Å². The fraction of sp³-hybridized carbons (Fsp3) is 0.200. The van der Waals surface area contributed by atoms with Crippen LogP contribution in [-0.4, -0.2) is 32.1 Å². The number of carbonyl (C=O) groups is 1. The molecule has 2 aromatic carbocycles. The molecule has 146 valence electrons. The maximum atomic E-state index is 11.0. The van der Waals surface area contributed by atoms with Crippen LogP contribution in [-0.2, 0) is 4.74 Å². The molecular formula is C20H20N2O5S. The highest BCUT2D eigenvalue weighted by atomic mass is 32.1. The van der Waals surface area contributed by atoms with Gasteiger partial charge in [0.1, 0.15) is 10.8 Å². The molecule has 1 aromatic heterocycles. The number of aryl methyl sites for hydroxylation is 1. The molecule has 3 rings (SSSR count). The largest absolute Gasteiger partial charge is 0.493 e. The summed E-state index contributed by atoms with van der Waals surface area (Å²) in [5, 5.41) is 0.823. The molecule has 2 N–H and O–H groups in total. The first-order valence-corrected chi connectivity index (χ1v) is 9.18. The first-order valence-electron chi connectivity index (χ1n) is 8.36. The van der Waals surface area contributed by atoms with E-state index >= 15 is 0 Å². The number of thiazole rings is 1. The summed E-state index contributed by atoms with van der Waals surface area (Å²) in [6.07, 6.45) is 3.02. The summed E-state index contributed by atoms with van der Waals surface area (Å²) in [6.45, 7) is 1.99. The van der Waals surface area contributed by atoms with Crippen LogP contribution in [0.1, 0.15) is 16.1 Å². The molecule has 1 amide bonds. The Balaban J connectivity index is 1.83. The van der Waals surface area contributed by atoms with E-state index in [4.69, 9.17) is 24.7 Å². The van der Waals surface area contributed by atoms with Crippen molar-refractivity contribution in [3.05, 3.63) is 46.5 Å². The third-order valence-corrected chi connectivity index (χ3v) is 4.83. The molecule has 3 aromatic rings. The van der Waals surface area contributed by atoms with Gasteiger partial charge in [-0.2, -0.15) is 0 Å². The molecule has 0 aliphatic heterocycles. The van der Waals surface area contributed by atoms with Gasteiger partial charge < -0.3 is 24.7 Å². The molecule has 0 radical (unpaired) electrons. The van der Waals surface area contributed by atoms with E-state index in [1.54, 1.807) is 20.3 Å². The SMILES string of the molecule is COCOc1ccc(C=Cc2nc3cc(C)c(OC(N)=O)cc3s2)cc1OC. The molecule has 0 unspecified atom stereocenters. The van der Waals surface area contributed by atoms with Crippen molar-refractivity contribution in [2.24, 2.45) is 5.73 Å². The van der Waals surface area contributed by atoms with Crippen molar-refractivity contribution in [1.29, 1.82) is 0 Å². The summed E-state index contributed by atoms with van der Waals surface area (Å²) in [6, 6.07) is 9.26. The number of benzene rings is 2. The first-order chi connectivity index (χ1) is 13.5. The minimum atomic E-state index is -0.834. The smallest absolute Gasteiger partial charge is 0.409 e. The molecule has 1 heterocycles. The monoisotopic (exact) mass is 400 g/mol. The quantitative estimate of drug-likeness (QED) is 0.597. The Morgan fingerprint density at radius 2 is 1.96 bits per heavy atom. The van der Waals surface area contributed by atoms with Gasteiger partial charge in [0.2, 0.25) is 0 Å². The fourth-order valence-electron chi connectivity index (χ4n) is 2.56. The molecular weight excluding hydrogens is 380 g/mol. The molecule has 0 saturated carbocycles. The van der Waals surface area contributed by atoms with Crippen molar-refractivity contribution in [1.82, 2.24) is 4.98 Å². The third kappa shape index (κ3) is 4.59. The van der Waals surface area contributed by atoms with Crippen LogP contribution in [0.3, 0.4) is 0 Å². The summed E-state index contributed by atoms with van der Waals surface area (Å²) in [4.78, 5) is 15.6. The zero-order valence-corrected chi connectivity index (χ0v) is 16.5. The minimum Gasteiger partial charge on any atom is -0.493 e. The van der Waals surface area contributed by atoms with Gasteiger partial charge in [0.15, 0.2) is 18.3 Å². The topological polar surface area (TPSA) is 92.9 Å². The Hall–Kier alpha value is -3.10. The van der Waals surface area contributed by atoms with Crippen molar-refractivity contribution in [2.45, 2.75) is 6.92 Å². The highest BCUT2D eigenvalue weighted by Gasteiger charge is 2.09. The second-order valence-corrected chi connectivity index (χ2v) is 6.92. The number of fused-ring (bicyclic) bond motifs is 1. The molecule has 8 heteroatoms. The van der Waals surface area contributed by atoms with Gasteiger partial charge in [-0.15, -0.1) is 11.3 Å². The maximum absolute atomic E-state index is 11.0. The van der Waals surface area contributed by atoms with Crippen LogP contribution in [0.5, 0.6) is 17.2 Å². The summed E-state index contributed by atoms with van der Waals surface area (Å²) < 4.78 is 21.7. The van der Waals surface area contributed by atoms with Crippen LogP contribution in [0, 0.1) is 6.92 Å². The van der Waals surface area contributed by atoms with Crippen LogP contribution >= 0.6 is 11.3 Å². The molecule has 0 atom stereocenters. The molecule has 7 nitrogen and oxygen atoms in total. The van der Waals surface area contributed by atoms with Gasteiger partial charge in [-0.05, 0) is 42.3 Å². The Labute approximate surface area is 166 Å². The number of amides is 1. The van der Waals surface area contributed by atoms with Crippen molar-refractivity contribution < 1.29 is 23.7 Å². The van der Waals surface area contributed by atoms with E-state index in [9.17, 15) is 4.79 Å². The number of aromatic nitrogens is 1. The van der Waals surface area contributed by atoms with Crippen LogP contribution in [0.4, 0.5) is 4.79 Å². The number of methoxy groups -OCH3 is 2. The van der Waals surface area contributed by atoms with E-state index < -0.39 is 6.09 Å². The average molecular weight is 400 g/mol. The van der Waals surface area contributed by atoms with Gasteiger partial charge in [0.05, 0.1) is 17.3 Å². The lowest BCUT2D eigenvalue weighted by atomic mass is 10.2. The zero-order valence-electron chi connectivity index (χ0n) is 15.7. The average Bonchev–Trinajstić information content (AvgIpc) is 3.06. The Kier molecular flexibility index (Phi) is 6.13. The number of rotatable bonds is 7. The third-order valence-electron chi connectivity index (χ3n) is 3.85. The summed E-state index contributed by atoms with van der Waals surface area (Å²) in [5.41, 5.74) is 7.67. The molecule has 0 bridgehead atoms. The Morgan fingerprint density at radius 1 is 1.14 bits per heavy atom. The standard InChI is InChI=1S/C20H20N2O5S/c1-12-8-14-18(10-16(12)27-20(21)23)28-19(22-14)7-5-13-4-6-15(26-11-24-2)17(9-13)25-3/h4-10H,11H2,1-3H3,(H2,21,23). The van der Waals surface area contributed by atoms with Crippen LogP contribution in [0.2, 0.25) is 0 Å². The second kappa shape index (κ2) is 8.73. The number of nitrogens with zero attached hydrogens (tertiary/aromatic N) is 1. The molecule has 0 aliphatic carbocycles. The van der Waals surface area contributed by atoms with E-state index in [0.29, 0.717) is 17.2 Å². The number of primary amides is 1. The van der Waals surface area contributed by atoms with Crippen LogP contribution in [0.25, 0.3) is 22.4 Å². The highest BCUT2D eigenvalue weighted by Crippen LogP contribution is 2.31. The van der Waals surface area contributed by atoms with Gasteiger partial charge >= 0.3 is 6.09 Å². The van der Waals surface area contributed by atoms with E-state index in [1.165, 1.54) is 11.3 Å². The lowest BCUT2D eigenvalue weighted by Crippen LogP contribution is -2.16. The van der Waals surface area contributed by atoms with E-state index in [2.05, 4.69) is 4.98 Å². The van der Waals surface area contributed by atoms with E-state index in [1.807, 2.05) is 43.3 Å². The van der Waals surface area contributed by atoms with Crippen LogP contribution in [0.15, 0.2) is 30.3 Å². The molecule has 0 spiro atoms. The molecule has 28 heavy (non-hydrogen) atoms. The van der Waals surface area contributed by atoms with Crippen molar-refractivity contribution >= 4 is 39.8 Å². The van der Waals surface area contributed by atoms with Crippen molar-refractivity contribution in [3.8, 4) is 17.2 Å². The van der Waals surface area contributed by atoms with Crippen molar-refractivity contribution in [2.75, 3.05) is 21.0 Å². The zero-order chi connectivity index (χ0) is 20.1. The van der Waals surface area contributed by atoms with E-state index in [0.717, 1.165) is 26.4 Å². The predicted molar refractivity (Wildman–Crippen MR) is 109 cm³/mol. The molecule has 0 saturated heterocycles. The second-order valence-electron chi connectivity index (χ2n) is 5.85. The predicted octanol–water partition coefficient (Wildman–Crippen LogP) is 4.22. The van der Waals surface area contributed by atoms with Gasteiger partial charge in [-0.1, -0.05) is 12.1 Å². The summed E-state index contributed by atoms with van der Waals surface area (Å²) in [7, 11) is 3.15. The number of hydrogen-bond donors (Lipinski definition) is 1. The maximum Gasteiger partial charge on any atom is 0.409 e. The number of nitrogens with two attached hydrogens (primary N) is 1. The first kappa shape index (κ1) is 19.7. The van der Waals surface area contributed by atoms with Crippen molar-refractivity contribution in [3.63, 3.8) is 0 Å². The summed E-state index contributed by atoms with van der Waals surface area (Å²) in [5.74, 6) is 1.67. The van der Waals surface area contributed by atoms with E-state index in [-0.39, 0.29) is 6.79 Å². The lowest BCUT2D eigenvalue weighted by Gasteiger charge is -2.10.